The number of fused-ring (bicyclic) bond motifs is 1. The van der Waals surface area contributed by atoms with Gasteiger partial charge in [-0.25, -0.2) is 8.42 Å². The van der Waals surface area contributed by atoms with E-state index in [4.69, 9.17) is 9.84 Å². The second kappa shape index (κ2) is 8.61. The average molecular weight is 398 g/mol. The van der Waals surface area contributed by atoms with Gasteiger partial charge in [-0.1, -0.05) is 32.0 Å². The molecule has 1 aliphatic heterocycles. The third kappa shape index (κ3) is 5.45. The molecule has 0 bridgehead atoms. The molecule has 152 valence electrons. The predicted molar refractivity (Wildman–Crippen MR) is 106 cm³/mol. The lowest BCUT2D eigenvalue weighted by Gasteiger charge is -2.42. The molecule has 0 amide bonds. The van der Waals surface area contributed by atoms with Gasteiger partial charge in [0.25, 0.3) is 0 Å². The number of ether oxygens (including phenoxy) is 1. The van der Waals surface area contributed by atoms with E-state index in [-0.39, 0.29) is 11.8 Å². The van der Waals surface area contributed by atoms with Gasteiger partial charge >= 0.3 is 5.97 Å². The van der Waals surface area contributed by atoms with Crippen molar-refractivity contribution in [3.63, 3.8) is 0 Å². The summed E-state index contributed by atoms with van der Waals surface area (Å²) in [7, 11) is -3.32. The standard InChI is InChI=1S/C20H31NO5S/c1-5-27(24,25)18(12-8-9-14(2)19(22)23)21-17-13-15-10-6-7-11-16(15)26-20(17,3)4/h6-7,10-11,14,17-18,21H,5,8-9,12-13H2,1-4H3,(H,22,23). The Hall–Kier alpha value is -1.60. The van der Waals surface area contributed by atoms with Crippen molar-refractivity contribution in [1.82, 2.24) is 5.32 Å². The molecule has 0 fully saturated rings. The molecule has 1 aliphatic rings. The molecule has 27 heavy (non-hydrogen) atoms. The fourth-order valence-corrected chi connectivity index (χ4v) is 4.68. The van der Waals surface area contributed by atoms with Gasteiger partial charge in [0, 0.05) is 5.75 Å². The molecular formula is C20H31NO5S. The summed E-state index contributed by atoms with van der Waals surface area (Å²) in [6, 6.07) is 7.65. The molecule has 0 saturated carbocycles. The zero-order chi connectivity index (χ0) is 20.2. The predicted octanol–water partition coefficient (Wildman–Crippen LogP) is 3.01. The number of sulfone groups is 1. The minimum atomic E-state index is -3.32. The molecular weight excluding hydrogens is 366 g/mol. The molecule has 1 aromatic rings. The van der Waals surface area contributed by atoms with Crippen molar-refractivity contribution in [3.05, 3.63) is 29.8 Å². The molecule has 7 heteroatoms. The summed E-state index contributed by atoms with van der Waals surface area (Å²) >= 11 is 0. The van der Waals surface area contributed by atoms with Crippen LogP contribution < -0.4 is 10.1 Å². The number of carboxylic acid groups (broad SMARTS) is 1. The average Bonchev–Trinajstić information content (AvgIpc) is 2.60. The van der Waals surface area contributed by atoms with Crippen molar-refractivity contribution in [2.45, 2.75) is 70.4 Å². The van der Waals surface area contributed by atoms with E-state index >= 15 is 0 Å². The Morgan fingerprint density at radius 1 is 1.33 bits per heavy atom. The minimum absolute atomic E-state index is 0.0454. The fourth-order valence-electron chi connectivity index (χ4n) is 3.38. The first-order valence-electron chi connectivity index (χ1n) is 9.54. The lowest BCUT2D eigenvalue weighted by Crippen LogP contribution is -2.58. The van der Waals surface area contributed by atoms with Crippen molar-refractivity contribution in [3.8, 4) is 5.75 Å². The van der Waals surface area contributed by atoms with Gasteiger partial charge in [-0.05, 0) is 51.2 Å². The quantitative estimate of drug-likeness (QED) is 0.665. The lowest BCUT2D eigenvalue weighted by atomic mass is 9.88. The highest BCUT2D eigenvalue weighted by atomic mass is 32.2. The number of carbonyl (C=O) groups is 1. The zero-order valence-electron chi connectivity index (χ0n) is 16.6. The highest BCUT2D eigenvalue weighted by Crippen LogP contribution is 2.33. The van der Waals surface area contributed by atoms with Crippen molar-refractivity contribution >= 4 is 15.8 Å². The smallest absolute Gasteiger partial charge is 0.306 e. The Balaban J connectivity index is 2.13. The number of para-hydroxylation sites is 1. The molecule has 0 radical (unpaired) electrons. The van der Waals surface area contributed by atoms with Gasteiger partial charge in [-0.2, -0.15) is 0 Å². The number of nitrogens with one attached hydrogen (secondary N) is 1. The highest BCUT2D eigenvalue weighted by Gasteiger charge is 2.39. The third-order valence-electron chi connectivity index (χ3n) is 5.36. The summed E-state index contributed by atoms with van der Waals surface area (Å²) in [4.78, 5) is 11.0. The van der Waals surface area contributed by atoms with Crippen LogP contribution in [0.15, 0.2) is 24.3 Å². The van der Waals surface area contributed by atoms with Crippen LogP contribution in [0.2, 0.25) is 0 Å². The monoisotopic (exact) mass is 397 g/mol. The second-order valence-electron chi connectivity index (χ2n) is 7.85. The molecule has 2 rings (SSSR count). The van der Waals surface area contributed by atoms with Gasteiger partial charge < -0.3 is 9.84 Å². The summed E-state index contributed by atoms with van der Waals surface area (Å²) in [6.45, 7) is 7.21. The molecule has 0 saturated heterocycles. The van der Waals surface area contributed by atoms with Crippen LogP contribution in [0.1, 0.15) is 52.5 Å². The summed E-state index contributed by atoms with van der Waals surface area (Å²) in [6.07, 6.45) is 2.07. The topological polar surface area (TPSA) is 92.7 Å². The number of rotatable bonds is 9. The Morgan fingerprint density at radius 2 is 2.00 bits per heavy atom. The van der Waals surface area contributed by atoms with Crippen molar-refractivity contribution < 1.29 is 23.1 Å². The van der Waals surface area contributed by atoms with Crippen LogP contribution in [0.5, 0.6) is 5.75 Å². The van der Waals surface area contributed by atoms with Crippen molar-refractivity contribution in [2.75, 3.05) is 5.75 Å². The molecule has 0 aliphatic carbocycles. The third-order valence-corrected chi connectivity index (χ3v) is 7.40. The van der Waals surface area contributed by atoms with E-state index < -0.39 is 32.7 Å². The molecule has 0 spiro atoms. The summed E-state index contributed by atoms with van der Waals surface area (Å²) < 4.78 is 31.4. The van der Waals surface area contributed by atoms with Gasteiger partial charge in [-0.3, -0.25) is 10.1 Å². The summed E-state index contributed by atoms with van der Waals surface area (Å²) in [5, 5.41) is 11.6. The van der Waals surface area contributed by atoms with E-state index in [1.54, 1.807) is 13.8 Å². The molecule has 2 N–H and O–H groups in total. The molecule has 1 heterocycles. The van der Waals surface area contributed by atoms with Crippen LogP contribution in [-0.2, 0) is 21.1 Å². The Kier molecular flexibility index (Phi) is 6.92. The number of benzene rings is 1. The highest BCUT2D eigenvalue weighted by molar-refractivity contribution is 7.91. The van der Waals surface area contributed by atoms with Gasteiger partial charge in [0.05, 0.1) is 12.0 Å². The number of aliphatic carboxylic acids is 1. The second-order valence-corrected chi connectivity index (χ2v) is 10.3. The first-order valence-corrected chi connectivity index (χ1v) is 11.3. The first-order chi connectivity index (χ1) is 12.6. The maximum atomic E-state index is 12.6. The summed E-state index contributed by atoms with van der Waals surface area (Å²) in [5.74, 6) is -0.442. The SMILES string of the molecule is CCS(=O)(=O)C(CCCC(C)C(=O)O)NC1Cc2ccccc2OC1(C)C. The van der Waals surface area contributed by atoms with E-state index in [9.17, 15) is 13.2 Å². The van der Waals surface area contributed by atoms with Gasteiger partial charge in [-0.15, -0.1) is 0 Å². The lowest BCUT2D eigenvalue weighted by molar-refractivity contribution is -0.141. The molecule has 1 aromatic carbocycles. The summed E-state index contributed by atoms with van der Waals surface area (Å²) in [5.41, 5.74) is 0.506. The van der Waals surface area contributed by atoms with Crippen LogP contribution in [-0.4, -0.2) is 42.3 Å². The molecule has 6 nitrogen and oxygen atoms in total. The first kappa shape index (κ1) is 21.7. The van der Waals surface area contributed by atoms with E-state index in [0.29, 0.717) is 25.7 Å². The molecule has 0 aromatic heterocycles. The van der Waals surface area contributed by atoms with Gasteiger partial charge in [0.15, 0.2) is 9.84 Å². The van der Waals surface area contributed by atoms with Crippen LogP contribution in [0.4, 0.5) is 0 Å². The van der Waals surface area contributed by atoms with Crippen molar-refractivity contribution in [2.24, 2.45) is 5.92 Å². The fraction of sp³-hybridized carbons (Fsp3) is 0.650. The Morgan fingerprint density at radius 3 is 2.63 bits per heavy atom. The number of carboxylic acids is 1. The van der Waals surface area contributed by atoms with E-state index in [2.05, 4.69) is 5.32 Å². The maximum absolute atomic E-state index is 12.6. The molecule has 3 unspecified atom stereocenters. The zero-order valence-corrected chi connectivity index (χ0v) is 17.4. The van der Waals surface area contributed by atoms with Crippen LogP contribution in [0.3, 0.4) is 0 Å². The minimum Gasteiger partial charge on any atom is -0.486 e. The van der Waals surface area contributed by atoms with Crippen LogP contribution >= 0.6 is 0 Å². The van der Waals surface area contributed by atoms with Crippen LogP contribution in [0, 0.1) is 5.92 Å². The Bertz CT molecular complexity index is 759. The Labute approximate surface area is 162 Å². The van der Waals surface area contributed by atoms with Crippen molar-refractivity contribution in [1.29, 1.82) is 0 Å². The van der Waals surface area contributed by atoms with Crippen LogP contribution in [0.25, 0.3) is 0 Å². The largest absolute Gasteiger partial charge is 0.486 e. The van der Waals surface area contributed by atoms with E-state index in [1.165, 1.54) is 0 Å². The normalized spacial score (nSPS) is 21.0. The van der Waals surface area contributed by atoms with Gasteiger partial charge in [0.2, 0.25) is 0 Å². The van der Waals surface area contributed by atoms with E-state index in [1.807, 2.05) is 38.1 Å². The van der Waals surface area contributed by atoms with Gasteiger partial charge in [0.1, 0.15) is 16.7 Å². The number of hydrogen-bond acceptors (Lipinski definition) is 5. The maximum Gasteiger partial charge on any atom is 0.306 e. The molecule has 3 atom stereocenters. The number of hydrogen-bond donors (Lipinski definition) is 2. The van der Waals surface area contributed by atoms with E-state index in [0.717, 1.165) is 11.3 Å².